The van der Waals surface area contributed by atoms with Crippen molar-refractivity contribution >= 4 is 0 Å². The highest BCUT2D eigenvalue weighted by atomic mass is 16.5. The molecule has 2 heteroatoms. The maximum Gasteiger partial charge on any atom is 0.0757 e. The third-order valence-electron chi connectivity index (χ3n) is 4.98. The van der Waals surface area contributed by atoms with Gasteiger partial charge in [-0.3, -0.25) is 0 Å². The lowest BCUT2D eigenvalue weighted by atomic mass is 9.91. The molecule has 2 nitrogen and oxygen atoms in total. The fraction of sp³-hybridized carbons (Fsp3) is 1.00. The van der Waals surface area contributed by atoms with Gasteiger partial charge in [-0.25, -0.2) is 0 Å². The molecule has 0 amide bonds. The zero-order valence-corrected chi connectivity index (χ0v) is 11.5. The molecule has 1 saturated heterocycles. The fourth-order valence-electron chi connectivity index (χ4n) is 4.07. The van der Waals surface area contributed by atoms with Crippen LogP contribution in [0.25, 0.3) is 0 Å². The minimum Gasteiger partial charge on any atom is -0.376 e. The normalized spacial score (nSPS) is 45.4. The average molecular weight is 237 g/mol. The molecule has 4 atom stereocenters. The van der Waals surface area contributed by atoms with Crippen molar-refractivity contribution in [2.45, 2.75) is 71.1 Å². The van der Waals surface area contributed by atoms with Crippen molar-refractivity contribution in [2.24, 2.45) is 17.3 Å². The van der Waals surface area contributed by atoms with Gasteiger partial charge >= 0.3 is 0 Å². The van der Waals surface area contributed by atoms with Crippen LogP contribution >= 0.6 is 0 Å². The van der Waals surface area contributed by atoms with Gasteiger partial charge in [0.05, 0.1) is 6.10 Å². The van der Waals surface area contributed by atoms with E-state index in [4.69, 9.17) is 4.74 Å². The Hall–Kier alpha value is -0.0800. The van der Waals surface area contributed by atoms with Gasteiger partial charge in [0.1, 0.15) is 0 Å². The topological polar surface area (TPSA) is 21.3 Å². The van der Waals surface area contributed by atoms with E-state index in [9.17, 15) is 0 Å². The molecule has 0 bridgehead atoms. The van der Waals surface area contributed by atoms with E-state index in [1.54, 1.807) is 0 Å². The van der Waals surface area contributed by atoms with Crippen LogP contribution in [0.5, 0.6) is 0 Å². The number of nitrogens with one attached hydrogen (secondary N) is 1. The van der Waals surface area contributed by atoms with E-state index >= 15 is 0 Å². The summed E-state index contributed by atoms with van der Waals surface area (Å²) in [5, 5.41) is 3.93. The first kappa shape index (κ1) is 12.0. The van der Waals surface area contributed by atoms with Gasteiger partial charge in [0.25, 0.3) is 0 Å². The lowest BCUT2D eigenvalue weighted by molar-refractivity contribution is 0.0777. The molecule has 0 aromatic carbocycles. The minimum atomic E-state index is 0.533. The van der Waals surface area contributed by atoms with E-state index in [1.165, 1.54) is 32.1 Å². The minimum absolute atomic E-state index is 0.533. The van der Waals surface area contributed by atoms with Gasteiger partial charge in [-0.15, -0.1) is 0 Å². The molecule has 0 aromatic heterocycles. The first-order valence-electron chi connectivity index (χ1n) is 7.43. The van der Waals surface area contributed by atoms with Crippen LogP contribution in [0.3, 0.4) is 0 Å². The predicted molar refractivity (Wildman–Crippen MR) is 70.0 cm³/mol. The SMILES string of the molecule is CC1CC(C)(C)CC1NC1CCOC1C1CC1. The first-order chi connectivity index (χ1) is 8.05. The molecular weight excluding hydrogens is 210 g/mol. The Morgan fingerprint density at radius 2 is 1.82 bits per heavy atom. The highest BCUT2D eigenvalue weighted by Gasteiger charge is 2.44. The lowest BCUT2D eigenvalue weighted by Gasteiger charge is -2.26. The summed E-state index contributed by atoms with van der Waals surface area (Å²) in [6.07, 6.45) is 7.26. The quantitative estimate of drug-likeness (QED) is 0.815. The summed E-state index contributed by atoms with van der Waals surface area (Å²) in [5.41, 5.74) is 0.533. The molecule has 2 aliphatic carbocycles. The number of ether oxygens (including phenoxy) is 1. The zero-order chi connectivity index (χ0) is 12.0. The van der Waals surface area contributed by atoms with Crippen molar-refractivity contribution < 1.29 is 4.74 Å². The van der Waals surface area contributed by atoms with Gasteiger partial charge in [-0.05, 0) is 49.4 Å². The van der Waals surface area contributed by atoms with Crippen LogP contribution in [0.4, 0.5) is 0 Å². The second-order valence-electron chi connectivity index (χ2n) is 7.39. The van der Waals surface area contributed by atoms with Crippen molar-refractivity contribution in [2.75, 3.05) is 6.61 Å². The molecule has 3 aliphatic rings. The van der Waals surface area contributed by atoms with Gasteiger partial charge in [0.2, 0.25) is 0 Å². The molecule has 1 heterocycles. The average Bonchev–Trinajstić information content (AvgIpc) is 2.91. The molecule has 0 radical (unpaired) electrons. The molecule has 0 aromatic rings. The summed E-state index contributed by atoms with van der Waals surface area (Å²) in [6, 6.07) is 1.36. The molecular formula is C15H27NO. The highest BCUT2D eigenvalue weighted by Crippen LogP contribution is 2.43. The molecule has 2 saturated carbocycles. The van der Waals surface area contributed by atoms with Crippen molar-refractivity contribution in [3.8, 4) is 0 Å². The standard InChI is InChI=1S/C15H27NO/c1-10-8-15(2,3)9-13(10)16-12-6-7-17-14(12)11-4-5-11/h10-14,16H,4-9H2,1-3H3. The van der Waals surface area contributed by atoms with E-state index in [0.717, 1.165) is 24.5 Å². The second kappa shape index (κ2) is 4.24. The van der Waals surface area contributed by atoms with E-state index in [1.807, 2.05) is 0 Å². The Balaban J connectivity index is 1.59. The van der Waals surface area contributed by atoms with Crippen LogP contribution in [0.1, 0.15) is 52.9 Å². The number of rotatable bonds is 3. The monoisotopic (exact) mass is 237 g/mol. The van der Waals surface area contributed by atoms with E-state index in [-0.39, 0.29) is 0 Å². The third-order valence-corrected chi connectivity index (χ3v) is 4.98. The van der Waals surface area contributed by atoms with Crippen LogP contribution in [0.15, 0.2) is 0 Å². The van der Waals surface area contributed by atoms with Crippen molar-refractivity contribution in [3.63, 3.8) is 0 Å². The lowest BCUT2D eigenvalue weighted by Crippen LogP contribution is -2.45. The maximum atomic E-state index is 5.92. The third kappa shape index (κ3) is 2.53. The van der Waals surface area contributed by atoms with Crippen LogP contribution in [-0.2, 0) is 4.74 Å². The van der Waals surface area contributed by atoms with Gasteiger partial charge in [-0.1, -0.05) is 20.8 Å². The Morgan fingerprint density at radius 1 is 1.06 bits per heavy atom. The van der Waals surface area contributed by atoms with E-state index < -0.39 is 0 Å². The van der Waals surface area contributed by atoms with Gasteiger partial charge in [-0.2, -0.15) is 0 Å². The molecule has 1 N–H and O–H groups in total. The first-order valence-corrected chi connectivity index (χ1v) is 7.43. The largest absolute Gasteiger partial charge is 0.376 e. The fourth-order valence-corrected chi connectivity index (χ4v) is 4.07. The van der Waals surface area contributed by atoms with E-state index in [2.05, 4.69) is 26.1 Å². The zero-order valence-electron chi connectivity index (χ0n) is 11.5. The Bertz CT molecular complexity index is 285. The summed E-state index contributed by atoms with van der Waals surface area (Å²) in [6.45, 7) is 8.21. The smallest absolute Gasteiger partial charge is 0.0757 e. The predicted octanol–water partition coefficient (Wildman–Crippen LogP) is 2.97. The molecule has 4 unspecified atom stereocenters. The Kier molecular flexibility index (Phi) is 2.99. The van der Waals surface area contributed by atoms with Crippen LogP contribution in [-0.4, -0.2) is 24.8 Å². The van der Waals surface area contributed by atoms with Gasteiger partial charge < -0.3 is 10.1 Å². The molecule has 3 fully saturated rings. The van der Waals surface area contributed by atoms with Crippen LogP contribution < -0.4 is 5.32 Å². The van der Waals surface area contributed by atoms with Crippen molar-refractivity contribution in [1.82, 2.24) is 5.32 Å². The second-order valence-corrected chi connectivity index (χ2v) is 7.39. The molecule has 1 aliphatic heterocycles. The Morgan fingerprint density at radius 3 is 2.41 bits per heavy atom. The van der Waals surface area contributed by atoms with Gasteiger partial charge in [0.15, 0.2) is 0 Å². The van der Waals surface area contributed by atoms with Gasteiger partial charge in [0, 0.05) is 18.7 Å². The molecule has 17 heavy (non-hydrogen) atoms. The molecule has 0 spiro atoms. The number of hydrogen-bond donors (Lipinski definition) is 1. The summed E-state index contributed by atoms with van der Waals surface area (Å²) in [4.78, 5) is 0. The Labute approximate surface area is 105 Å². The summed E-state index contributed by atoms with van der Waals surface area (Å²) in [5.74, 6) is 1.70. The van der Waals surface area contributed by atoms with Crippen LogP contribution in [0.2, 0.25) is 0 Å². The summed E-state index contributed by atoms with van der Waals surface area (Å²) >= 11 is 0. The summed E-state index contributed by atoms with van der Waals surface area (Å²) in [7, 11) is 0. The summed E-state index contributed by atoms with van der Waals surface area (Å²) < 4.78 is 5.92. The van der Waals surface area contributed by atoms with Crippen molar-refractivity contribution in [3.05, 3.63) is 0 Å². The maximum absolute atomic E-state index is 5.92. The van der Waals surface area contributed by atoms with E-state index in [0.29, 0.717) is 17.6 Å². The van der Waals surface area contributed by atoms with Crippen molar-refractivity contribution in [1.29, 1.82) is 0 Å². The number of hydrogen-bond acceptors (Lipinski definition) is 2. The molecule has 98 valence electrons. The van der Waals surface area contributed by atoms with Crippen LogP contribution in [0, 0.1) is 17.3 Å². The highest BCUT2D eigenvalue weighted by molar-refractivity contribution is 4.98. The molecule has 3 rings (SSSR count).